The van der Waals surface area contributed by atoms with Gasteiger partial charge in [0.15, 0.2) is 21.3 Å². The minimum Gasteiger partial charge on any atom is -0.399 e. The van der Waals surface area contributed by atoms with Crippen LogP contribution in [0.1, 0.15) is 11.1 Å². The predicted molar refractivity (Wildman–Crippen MR) is 139 cm³/mol. The fourth-order valence-corrected chi connectivity index (χ4v) is 2.83. The van der Waals surface area contributed by atoms with Crippen molar-refractivity contribution in [1.29, 1.82) is 0 Å². The Kier molecular flexibility index (Phi) is 10.8. The molecule has 0 aliphatic carbocycles. The van der Waals surface area contributed by atoms with E-state index in [1.54, 1.807) is 0 Å². The molecule has 0 bridgehead atoms. The molecule has 0 saturated carbocycles. The van der Waals surface area contributed by atoms with Crippen molar-refractivity contribution in [3.63, 3.8) is 0 Å². The number of nitrogens with one attached hydrogen (secondary N) is 1. The van der Waals surface area contributed by atoms with E-state index in [0.717, 1.165) is 24.3 Å². The van der Waals surface area contributed by atoms with Crippen LogP contribution in [-0.4, -0.2) is 19.9 Å². The molecule has 0 amide bonds. The lowest BCUT2D eigenvalue weighted by Crippen LogP contribution is -2.05. The second-order valence-electron chi connectivity index (χ2n) is 7.12. The maximum atomic E-state index is 12.4. The molecule has 7 N–H and O–H groups in total. The van der Waals surface area contributed by atoms with E-state index < -0.39 is 23.5 Å². The smallest absolute Gasteiger partial charge is 0.399 e. The van der Waals surface area contributed by atoms with Crippen molar-refractivity contribution in [3.05, 3.63) is 87.8 Å². The van der Waals surface area contributed by atoms with Gasteiger partial charge in [0.25, 0.3) is 0 Å². The van der Waals surface area contributed by atoms with Gasteiger partial charge in [-0.25, -0.2) is 19.9 Å². The number of nitrogens with two attached hydrogens (primary N) is 3. The Morgan fingerprint density at radius 1 is 0.564 bits per heavy atom. The highest BCUT2D eigenvalue weighted by Gasteiger charge is 2.30. The van der Waals surface area contributed by atoms with Crippen molar-refractivity contribution >= 4 is 63.4 Å². The minimum atomic E-state index is -4.37. The topological polar surface area (TPSA) is 142 Å². The molecule has 0 radical (unpaired) electrons. The fourth-order valence-electron chi connectivity index (χ4n) is 2.38. The molecule has 8 nitrogen and oxygen atoms in total. The van der Waals surface area contributed by atoms with Crippen LogP contribution in [0.25, 0.3) is 0 Å². The number of anilines is 5. The zero-order chi connectivity index (χ0) is 29.4. The summed E-state index contributed by atoms with van der Waals surface area (Å²) >= 11 is 16.6. The van der Waals surface area contributed by atoms with Crippen LogP contribution < -0.4 is 22.5 Å². The third-order valence-corrected chi connectivity index (χ3v) is 5.24. The predicted octanol–water partition coefficient (Wildman–Crippen LogP) is 7.13. The monoisotopic (exact) mass is 612 g/mol. The van der Waals surface area contributed by atoms with Gasteiger partial charge in [0.2, 0.25) is 0 Å². The lowest BCUT2D eigenvalue weighted by atomic mass is 10.2. The van der Waals surface area contributed by atoms with Gasteiger partial charge in [-0.2, -0.15) is 26.3 Å². The van der Waals surface area contributed by atoms with Crippen molar-refractivity contribution in [2.24, 2.45) is 0 Å². The lowest BCUT2D eigenvalue weighted by Gasteiger charge is -2.10. The maximum absolute atomic E-state index is 12.4. The molecule has 2 aromatic heterocycles. The molecule has 2 aromatic carbocycles. The van der Waals surface area contributed by atoms with Crippen LogP contribution in [-0.2, 0) is 12.4 Å². The van der Waals surface area contributed by atoms with E-state index in [1.807, 2.05) is 0 Å². The second-order valence-corrected chi connectivity index (χ2v) is 8.19. The maximum Gasteiger partial charge on any atom is 0.416 e. The second kappa shape index (κ2) is 13.4. The molecule has 39 heavy (non-hydrogen) atoms. The first-order chi connectivity index (χ1) is 18.1. The Balaban J connectivity index is 0.000000226. The molecule has 4 aromatic rings. The largest absolute Gasteiger partial charge is 0.416 e. The van der Waals surface area contributed by atoms with Gasteiger partial charge in [0, 0.05) is 11.4 Å². The van der Waals surface area contributed by atoms with Gasteiger partial charge in [-0.15, -0.1) is 0 Å². The van der Waals surface area contributed by atoms with E-state index in [2.05, 4.69) is 25.3 Å². The molecular weight excluding hydrogens is 597 g/mol. The molecule has 0 saturated heterocycles. The first-order valence-electron chi connectivity index (χ1n) is 10.1. The summed E-state index contributed by atoms with van der Waals surface area (Å²) in [5, 5.41) is 3.22. The normalized spacial score (nSPS) is 11.0. The molecule has 0 spiro atoms. The Bertz CT molecular complexity index is 1350. The van der Waals surface area contributed by atoms with Crippen LogP contribution in [0.4, 0.5) is 54.9 Å². The van der Waals surface area contributed by atoms with Crippen molar-refractivity contribution < 1.29 is 26.3 Å². The fraction of sp³-hybridized carbons (Fsp3) is 0.0909. The van der Waals surface area contributed by atoms with E-state index in [-0.39, 0.29) is 32.7 Å². The summed E-state index contributed by atoms with van der Waals surface area (Å²) < 4.78 is 72.8. The highest BCUT2D eigenvalue weighted by Crippen LogP contribution is 2.31. The number of alkyl halides is 6. The first-order valence-corrected chi connectivity index (χ1v) is 11.3. The Labute approximate surface area is 232 Å². The number of benzene rings is 2. The molecule has 17 heteroatoms. The summed E-state index contributed by atoms with van der Waals surface area (Å²) in [6, 6.07) is 8.83. The van der Waals surface area contributed by atoms with Crippen LogP contribution in [0.15, 0.2) is 61.2 Å². The van der Waals surface area contributed by atoms with E-state index in [1.165, 1.54) is 36.9 Å². The minimum absolute atomic E-state index is 0.0735. The quantitative estimate of drug-likeness (QED) is 0.106. The molecule has 2 heterocycles. The molecular formula is C22H17Cl3F6N8. The van der Waals surface area contributed by atoms with Crippen LogP contribution in [0.5, 0.6) is 0 Å². The molecule has 208 valence electrons. The average molecular weight is 614 g/mol. The van der Waals surface area contributed by atoms with Crippen LogP contribution in [0.3, 0.4) is 0 Å². The third kappa shape index (κ3) is 9.81. The van der Waals surface area contributed by atoms with Crippen LogP contribution in [0, 0.1) is 0 Å². The van der Waals surface area contributed by atoms with Crippen molar-refractivity contribution in [2.45, 2.75) is 12.4 Å². The lowest BCUT2D eigenvalue weighted by molar-refractivity contribution is -0.138. The number of rotatable bonds is 2. The highest BCUT2D eigenvalue weighted by molar-refractivity contribution is 6.37. The van der Waals surface area contributed by atoms with Gasteiger partial charge >= 0.3 is 12.4 Å². The van der Waals surface area contributed by atoms with Gasteiger partial charge in [-0.1, -0.05) is 34.8 Å². The number of halogens is 9. The van der Waals surface area contributed by atoms with Crippen LogP contribution in [0.2, 0.25) is 15.5 Å². The summed E-state index contributed by atoms with van der Waals surface area (Å²) in [5.41, 5.74) is 15.8. The number of hydrogen-bond acceptors (Lipinski definition) is 8. The molecule has 0 atom stereocenters. The Hall–Kier alpha value is -3.75. The molecule has 0 aliphatic heterocycles. The summed E-state index contributed by atoms with van der Waals surface area (Å²) in [4.78, 5) is 14.7. The van der Waals surface area contributed by atoms with E-state index in [0.29, 0.717) is 11.4 Å². The first kappa shape index (κ1) is 31.5. The number of hydrogen-bond donors (Lipinski definition) is 4. The Morgan fingerprint density at radius 2 is 0.949 bits per heavy atom. The SMILES string of the molecule is Nc1c(Cl)ncnc1Cl.Nc1c(Cl)ncnc1Nc1ccc(C(F)(F)F)cc1.Nc1ccc(C(F)(F)F)cc1. The number of aromatic nitrogens is 4. The van der Waals surface area contributed by atoms with Crippen LogP contribution >= 0.6 is 34.8 Å². The zero-order valence-electron chi connectivity index (χ0n) is 19.2. The number of nitrogens with zero attached hydrogens (tertiary/aromatic N) is 4. The van der Waals surface area contributed by atoms with Crippen molar-refractivity contribution in [2.75, 3.05) is 22.5 Å². The van der Waals surface area contributed by atoms with Gasteiger partial charge < -0.3 is 22.5 Å². The summed E-state index contributed by atoms with van der Waals surface area (Å²) in [6.07, 6.45) is -6.18. The van der Waals surface area contributed by atoms with E-state index in [9.17, 15) is 26.3 Å². The summed E-state index contributed by atoms with van der Waals surface area (Å²) in [6.45, 7) is 0. The van der Waals surface area contributed by atoms with Crippen molar-refractivity contribution in [1.82, 2.24) is 19.9 Å². The van der Waals surface area contributed by atoms with Gasteiger partial charge in [-0.05, 0) is 48.5 Å². The summed E-state index contributed by atoms with van der Waals surface area (Å²) in [7, 11) is 0. The van der Waals surface area contributed by atoms with Gasteiger partial charge in [0.1, 0.15) is 24.0 Å². The van der Waals surface area contributed by atoms with E-state index in [4.69, 9.17) is 52.0 Å². The average Bonchev–Trinajstić information content (AvgIpc) is 2.86. The molecule has 0 unspecified atom stereocenters. The molecule has 4 rings (SSSR count). The summed E-state index contributed by atoms with van der Waals surface area (Å²) in [5.74, 6) is 0.236. The molecule has 0 aliphatic rings. The third-order valence-electron chi connectivity index (χ3n) is 4.33. The standard InChI is InChI=1S/C11H8ClF3N4.C7H6F3N.C4H3Cl2N3/c12-9-8(16)10(18-5-17-9)19-7-3-1-6(2-4-7)11(13,14)15;8-7(9,10)5-1-3-6(11)4-2-5;5-3-2(7)4(6)9-1-8-3/h1-5H,16H2,(H,17,18,19);1-4H,11H2;1H,7H2. The zero-order valence-corrected chi connectivity index (χ0v) is 21.5. The molecule has 0 fully saturated rings. The Morgan fingerprint density at radius 3 is 1.36 bits per heavy atom. The van der Waals surface area contributed by atoms with Gasteiger partial charge in [0.05, 0.1) is 11.1 Å². The van der Waals surface area contributed by atoms with Crippen molar-refractivity contribution in [3.8, 4) is 0 Å². The van der Waals surface area contributed by atoms with Gasteiger partial charge in [-0.3, -0.25) is 0 Å². The van der Waals surface area contributed by atoms with E-state index >= 15 is 0 Å². The number of nitrogen functional groups attached to an aromatic ring is 3. The highest BCUT2D eigenvalue weighted by atomic mass is 35.5.